The van der Waals surface area contributed by atoms with Gasteiger partial charge in [0.25, 0.3) is 5.91 Å². The molecule has 3 heterocycles. The monoisotopic (exact) mass is 576 g/mol. The minimum atomic E-state index is -0.773. The van der Waals surface area contributed by atoms with Gasteiger partial charge in [-0.05, 0) is 29.5 Å². The smallest absolute Gasteiger partial charge is 0.356 e. The minimum absolute atomic E-state index is 0.0584. The van der Waals surface area contributed by atoms with Gasteiger partial charge in [-0.25, -0.2) is 4.79 Å². The van der Waals surface area contributed by atoms with Gasteiger partial charge in [-0.1, -0.05) is 66.7 Å². The van der Waals surface area contributed by atoms with Gasteiger partial charge < -0.3 is 14.8 Å². The molecule has 0 bridgehead atoms. The molecule has 0 radical (unpaired) electrons. The molecule has 10 heteroatoms. The van der Waals surface area contributed by atoms with E-state index in [9.17, 15) is 19.2 Å². The maximum atomic E-state index is 13.9. The number of amides is 2. The average molecular weight is 577 g/mol. The van der Waals surface area contributed by atoms with Crippen molar-refractivity contribution in [2.24, 2.45) is 0 Å². The first-order valence-corrected chi connectivity index (χ1v) is 14.7. The summed E-state index contributed by atoms with van der Waals surface area (Å²) in [5.74, 6) is -1.55. The lowest BCUT2D eigenvalue weighted by atomic mass is 9.99. The van der Waals surface area contributed by atoms with Gasteiger partial charge in [0, 0.05) is 23.1 Å². The molecule has 206 valence electrons. The van der Waals surface area contributed by atoms with Crippen LogP contribution in [0.5, 0.6) is 0 Å². The van der Waals surface area contributed by atoms with E-state index in [1.54, 1.807) is 6.92 Å². The molecule has 1 unspecified atom stereocenters. The molecule has 3 aromatic rings. The minimum Gasteiger partial charge on any atom is -0.458 e. The first-order valence-electron chi connectivity index (χ1n) is 12.8. The van der Waals surface area contributed by atoms with Crippen molar-refractivity contribution in [1.82, 2.24) is 10.2 Å². The number of ether oxygens (including phenoxy) is 2. The molecule has 2 aliphatic heterocycles. The highest BCUT2D eigenvalue weighted by Crippen LogP contribution is 2.43. The first kappa shape index (κ1) is 27.7. The number of hydrogen-bond donors (Lipinski definition) is 1. The van der Waals surface area contributed by atoms with E-state index in [4.69, 9.17) is 9.47 Å². The Morgan fingerprint density at radius 2 is 1.62 bits per heavy atom. The van der Waals surface area contributed by atoms with Gasteiger partial charge in [0.05, 0.1) is 6.42 Å². The van der Waals surface area contributed by atoms with Crippen LogP contribution >= 0.6 is 23.1 Å². The Morgan fingerprint density at radius 1 is 0.975 bits per heavy atom. The summed E-state index contributed by atoms with van der Waals surface area (Å²) in [4.78, 5) is 54.0. The molecular weight excluding hydrogens is 548 g/mol. The number of thiophene rings is 1. The summed E-state index contributed by atoms with van der Waals surface area (Å²) in [6.07, 6.45) is -1.30. The van der Waals surface area contributed by atoms with Gasteiger partial charge in [0.2, 0.25) is 5.91 Å². The van der Waals surface area contributed by atoms with Crippen LogP contribution in [0.3, 0.4) is 0 Å². The van der Waals surface area contributed by atoms with Gasteiger partial charge in [-0.15, -0.1) is 23.1 Å². The van der Waals surface area contributed by atoms with E-state index in [2.05, 4.69) is 5.32 Å². The van der Waals surface area contributed by atoms with E-state index >= 15 is 0 Å². The number of nitrogens with zero attached hydrogens (tertiary/aromatic N) is 1. The fourth-order valence-corrected chi connectivity index (χ4v) is 6.97. The van der Waals surface area contributed by atoms with E-state index in [1.807, 2.05) is 78.2 Å². The molecule has 1 N–H and O–H groups in total. The molecule has 1 saturated heterocycles. The highest BCUT2D eigenvalue weighted by Gasteiger charge is 2.55. The zero-order valence-electron chi connectivity index (χ0n) is 21.9. The number of carbonyl (C=O) groups excluding carboxylic acids is 4. The van der Waals surface area contributed by atoms with Crippen molar-refractivity contribution in [3.05, 3.63) is 105 Å². The molecule has 3 atom stereocenters. The van der Waals surface area contributed by atoms with Gasteiger partial charge in [0.15, 0.2) is 6.10 Å². The van der Waals surface area contributed by atoms with Crippen molar-refractivity contribution in [2.45, 2.75) is 43.9 Å². The van der Waals surface area contributed by atoms with Gasteiger partial charge in [-0.3, -0.25) is 19.3 Å². The molecule has 2 aromatic carbocycles. The zero-order chi connectivity index (χ0) is 28.2. The predicted molar refractivity (Wildman–Crippen MR) is 152 cm³/mol. The standard InChI is InChI=1S/C30H28N2O6S2/c1-18(37-19(2)33)23-17-40-29-25(31-24(34)16-22-14-9-15-39-22)28(35)32(29)26(23)30(36)38-27(20-10-5-3-6-11-20)21-12-7-4-8-13-21/h3-15,18,25,27,29H,16-17H2,1-2H3,(H,31,34)/t18?,25-,29-/m1/s1. The molecule has 5 rings (SSSR count). The molecule has 2 amide bonds. The number of fused-ring (bicyclic) bond motifs is 1. The van der Waals surface area contributed by atoms with Crippen molar-refractivity contribution in [3.63, 3.8) is 0 Å². The number of nitrogens with one attached hydrogen (secondary N) is 1. The van der Waals surface area contributed by atoms with E-state index in [0.29, 0.717) is 11.3 Å². The molecule has 40 heavy (non-hydrogen) atoms. The zero-order valence-corrected chi connectivity index (χ0v) is 23.6. The van der Waals surface area contributed by atoms with Crippen LogP contribution in [0, 0.1) is 0 Å². The normalized spacial score (nSPS) is 19.0. The second kappa shape index (κ2) is 12.1. The Bertz CT molecular complexity index is 1390. The summed E-state index contributed by atoms with van der Waals surface area (Å²) in [7, 11) is 0. The lowest BCUT2D eigenvalue weighted by Gasteiger charge is -2.50. The molecule has 1 aromatic heterocycles. The molecule has 1 fully saturated rings. The number of esters is 2. The maximum Gasteiger partial charge on any atom is 0.356 e. The average Bonchev–Trinajstić information content (AvgIpc) is 3.47. The summed E-state index contributed by atoms with van der Waals surface area (Å²) in [6.45, 7) is 2.96. The molecule has 0 saturated carbocycles. The van der Waals surface area contributed by atoms with E-state index < -0.39 is 41.5 Å². The number of thioether (sulfide) groups is 1. The largest absolute Gasteiger partial charge is 0.458 e. The quantitative estimate of drug-likeness (QED) is 0.301. The van der Waals surface area contributed by atoms with Crippen LogP contribution in [0.2, 0.25) is 0 Å². The first-order chi connectivity index (χ1) is 19.3. The third kappa shape index (κ3) is 5.83. The molecule has 2 aliphatic rings. The maximum absolute atomic E-state index is 13.9. The van der Waals surface area contributed by atoms with Gasteiger partial charge in [-0.2, -0.15) is 0 Å². The number of hydrogen-bond acceptors (Lipinski definition) is 8. The second-order valence-electron chi connectivity index (χ2n) is 9.44. The van der Waals surface area contributed by atoms with Crippen molar-refractivity contribution in [3.8, 4) is 0 Å². The molecule has 0 spiro atoms. The summed E-state index contributed by atoms with van der Waals surface area (Å²) in [5, 5.41) is 4.24. The van der Waals surface area contributed by atoms with E-state index in [-0.39, 0.29) is 18.0 Å². The van der Waals surface area contributed by atoms with Crippen LogP contribution in [-0.4, -0.2) is 51.9 Å². The fourth-order valence-electron chi connectivity index (χ4n) is 4.81. The molecular formula is C30H28N2O6S2. The highest BCUT2D eigenvalue weighted by molar-refractivity contribution is 8.00. The van der Waals surface area contributed by atoms with Crippen LogP contribution in [0.1, 0.15) is 36.0 Å². The number of benzene rings is 2. The Balaban J connectivity index is 1.43. The van der Waals surface area contributed by atoms with Gasteiger partial charge in [0.1, 0.15) is 23.2 Å². The van der Waals surface area contributed by atoms with E-state index in [1.165, 1.54) is 34.9 Å². The topological polar surface area (TPSA) is 102 Å². The van der Waals surface area contributed by atoms with Crippen molar-refractivity contribution >= 4 is 46.9 Å². The summed E-state index contributed by atoms with van der Waals surface area (Å²) in [6, 6.07) is 21.7. The van der Waals surface area contributed by atoms with Crippen molar-refractivity contribution in [2.75, 3.05) is 5.75 Å². The molecule has 0 aliphatic carbocycles. The lowest BCUT2D eigenvalue weighted by Crippen LogP contribution is -2.71. The van der Waals surface area contributed by atoms with Gasteiger partial charge >= 0.3 is 11.9 Å². The van der Waals surface area contributed by atoms with Crippen LogP contribution in [0.25, 0.3) is 0 Å². The van der Waals surface area contributed by atoms with Crippen molar-refractivity contribution in [1.29, 1.82) is 0 Å². The Morgan fingerprint density at radius 3 is 2.20 bits per heavy atom. The summed E-state index contributed by atoms with van der Waals surface area (Å²) >= 11 is 2.88. The summed E-state index contributed by atoms with van der Waals surface area (Å²) in [5.41, 5.74) is 2.08. The summed E-state index contributed by atoms with van der Waals surface area (Å²) < 4.78 is 11.5. The fraction of sp³-hybridized carbons (Fsp3) is 0.267. The Kier molecular flexibility index (Phi) is 8.37. The Labute approximate surface area is 240 Å². The predicted octanol–water partition coefficient (Wildman–Crippen LogP) is 4.23. The molecule has 8 nitrogen and oxygen atoms in total. The second-order valence-corrected chi connectivity index (χ2v) is 11.6. The van der Waals surface area contributed by atoms with Crippen molar-refractivity contribution < 1.29 is 28.7 Å². The number of β-lactam (4-membered cyclic amide) rings is 1. The van der Waals surface area contributed by atoms with Crippen LogP contribution in [-0.2, 0) is 35.1 Å². The highest BCUT2D eigenvalue weighted by atomic mass is 32.2. The number of rotatable bonds is 9. The van der Waals surface area contributed by atoms with E-state index in [0.717, 1.165) is 16.0 Å². The number of carbonyl (C=O) groups is 4. The third-order valence-corrected chi connectivity index (χ3v) is 8.86. The Hall–Kier alpha value is -3.89. The van der Waals surface area contributed by atoms with Crippen LogP contribution in [0.4, 0.5) is 0 Å². The van der Waals surface area contributed by atoms with Crippen LogP contribution in [0.15, 0.2) is 89.4 Å². The third-order valence-electron chi connectivity index (χ3n) is 6.69. The SMILES string of the molecule is CC(=O)OC(C)C1=C(C(=O)OC(c2ccccc2)c2ccccc2)N2C(=O)[C@@H](NC(=O)Cc3cccs3)[C@H]2SC1. The lowest BCUT2D eigenvalue weighted by molar-refractivity contribution is -0.155. The van der Waals surface area contributed by atoms with Crippen LogP contribution < -0.4 is 5.32 Å².